The Bertz CT molecular complexity index is 109. The molecule has 11 heavy (non-hydrogen) atoms. The van der Waals surface area contributed by atoms with E-state index in [0.29, 0.717) is 0 Å². The normalized spacial score (nSPS) is 23.0. The van der Waals surface area contributed by atoms with E-state index < -0.39 is 0 Å². The molecule has 0 saturated heterocycles. The van der Waals surface area contributed by atoms with Gasteiger partial charge in [0.25, 0.3) is 0 Å². The van der Waals surface area contributed by atoms with Crippen molar-refractivity contribution in [2.75, 3.05) is 0 Å². The third-order valence-corrected chi connectivity index (χ3v) is 3.03. The summed E-state index contributed by atoms with van der Waals surface area (Å²) in [7, 11) is 0. The Morgan fingerprint density at radius 3 is 2.45 bits per heavy atom. The zero-order valence-corrected chi connectivity index (χ0v) is 7.68. The first-order valence-corrected chi connectivity index (χ1v) is 5.01. The predicted octanol–water partition coefficient (Wildman–Crippen LogP) is 3.78. The Balaban J connectivity index is 2.35. The van der Waals surface area contributed by atoms with Gasteiger partial charge < -0.3 is 0 Å². The summed E-state index contributed by atoms with van der Waals surface area (Å²) in [4.78, 5) is 0. The molecule has 0 spiro atoms. The zero-order chi connectivity index (χ0) is 8.10. The van der Waals surface area contributed by atoms with E-state index >= 15 is 0 Å². The van der Waals surface area contributed by atoms with Crippen molar-refractivity contribution >= 4 is 0 Å². The van der Waals surface area contributed by atoms with Gasteiger partial charge in [-0.3, -0.25) is 0 Å². The topological polar surface area (TPSA) is 0 Å². The summed E-state index contributed by atoms with van der Waals surface area (Å²) in [5.41, 5.74) is 0. The molecule has 0 aliphatic heterocycles. The summed E-state index contributed by atoms with van der Waals surface area (Å²) in [6, 6.07) is 0. The van der Waals surface area contributed by atoms with Gasteiger partial charge in [-0.1, -0.05) is 32.3 Å². The van der Waals surface area contributed by atoms with Crippen molar-refractivity contribution in [3.8, 4) is 0 Å². The molecule has 1 saturated carbocycles. The van der Waals surface area contributed by atoms with Crippen LogP contribution in [0.5, 0.6) is 0 Å². The number of hydrogen-bond donors (Lipinski definition) is 0. The van der Waals surface area contributed by atoms with Crippen LogP contribution in [0.1, 0.15) is 45.4 Å². The number of rotatable bonds is 3. The second-order valence-electron chi connectivity index (χ2n) is 3.71. The summed E-state index contributed by atoms with van der Waals surface area (Å²) >= 11 is 0. The molecule has 1 atom stereocenters. The molecule has 0 N–H and O–H groups in total. The van der Waals surface area contributed by atoms with E-state index in [1.807, 2.05) is 0 Å². The fourth-order valence-corrected chi connectivity index (χ4v) is 2.25. The van der Waals surface area contributed by atoms with Crippen LogP contribution < -0.4 is 0 Å². The minimum Gasteiger partial charge on any atom is -0.103 e. The van der Waals surface area contributed by atoms with E-state index in [2.05, 4.69) is 19.6 Å². The molecule has 0 bridgehead atoms. The van der Waals surface area contributed by atoms with Gasteiger partial charge in [-0.2, -0.15) is 0 Å². The van der Waals surface area contributed by atoms with E-state index in [0.717, 1.165) is 11.8 Å². The largest absolute Gasteiger partial charge is 0.103 e. The summed E-state index contributed by atoms with van der Waals surface area (Å²) < 4.78 is 0. The number of allylic oxidation sites excluding steroid dienone is 1. The van der Waals surface area contributed by atoms with Crippen LogP contribution in [0, 0.1) is 11.8 Å². The van der Waals surface area contributed by atoms with Crippen molar-refractivity contribution < 1.29 is 0 Å². The average Bonchev–Trinajstić information content (AvgIpc) is 2.09. The maximum atomic E-state index is 3.91. The highest BCUT2D eigenvalue weighted by Crippen LogP contribution is 2.31. The van der Waals surface area contributed by atoms with Crippen molar-refractivity contribution in [1.82, 2.24) is 0 Å². The average molecular weight is 152 g/mol. The SMILES string of the molecule is C=C[C@@H](CC)C1CCCCC1. The summed E-state index contributed by atoms with van der Waals surface area (Å²) in [6.45, 7) is 6.19. The van der Waals surface area contributed by atoms with E-state index in [1.165, 1.54) is 38.5 Å². The first kappa shape index (κ1) is 8.83. The molecule has 0 aromatic carbocycles. The maximum absolute atomic E-state index is 3.91. The lowest BCUT2D eigenvalue weighted by Gasteiger charge is -2.27. The fraction of sp³-hybridized carbons (Fsp3) is 0.818. The highest BCUT2D eigenvalue weighted by Gasteiger charge is 2.19. The molecule has 0 amide bonds. The summed E-state index contributed by atoms with van der Waals surface area (Å²) in [5, 5.41) is 0. The first-order chi connectivity index (χ1) is 5.38. The molecule has 0 unspecified atom stereocenters. The van der Waals surface area contributed by atoms with E-state index in [9.17, 15) is 0 Å². The Morgan fingerprint density at radius 2 is 2.00 bits per heavy atom. The van der Waals surface area contributed by atoms with Gasteiger partial charge in [0, 0.05) is 0 Å². The van der Waals surface area contributed by atoms with E-state index in [-0.39, 0.29) is 0 Å². The van der Waals surface area contributed by atoms with Crippen molar-refractivity contribution in [3.05, 3.63) is 12.7 Å². The van der Waals surface area contributed by atoms with Gasteiger partial charge in [-0.25, -0.2) is 0 Å². The maximum Gasteiger partial charge on any atom is -0.0210 e. The van der Waals surface area contributed by atoms with Crippen LogP contribution in [0.25, 0.3) is 0 Å². The van der Waals surface area contributed by atoms with Gasteiger partial charge in [0.05, 0.1) is 0 Å². The Hall–Kier alpha value is -0.260. The lowest BCUT2D eigenvalue weighted by atomic mass is 9.79. The minimum atomic E-state index is 0.801. The molecule has 1 fully saturated rings. The molecule has 0 heterocycles. The summed E-state index contributed by atoms with van der Waals surface area (Å²) in [5.74, 6) is 1.77. The highest BCUT2D eigenvalue weighted by molar-refractivity contribution is 4.85. The lowest BCUT2D eigenvalue weighted by Crippen LogP contribution is -2.15. The van der Waals surface area contributed by atoms with Crippen molar-refractivity contribution in [2.45, 2.75) is 45.4 Å². The Morgan fingerprint density at radius 1 is 1.36 bits per heavy atom. The predicted molar refractivity (Wildman–Crippen MR) is 50.6 cm³/mol. The van der Waals surface area contributed by atoms with Gasteiger partial charge in [0.2, 0.25) is 0 Å². The summed E-state index contributed by atoms with van der Waals surface area (Å²) in [6.07, 6.45) is 10.7. The van der Waals surface area contributed by atoms with Crippen molar-refractivity contribution in [1.29, 1.82) is 0 Å². The molecular weight excluding hydrogens is 132 g/mol. The fourth-order valence-electron chi connectivity index (χ4n) is 2.25. The molecule has 0 nitrogen and oxygen atoms in total. The Kier molecular flexibility index (Phi) is 3.68. The molecule has 0 aromatic rings. The van der Waals surface area contributed by atoms with Crippen LogP contribution >= 0.6 is 0 Å². The van der Waals surface area contributed by atoms with Crippen LogP contribution in [-0.2, 0) is 0 Å². The first-order valence-electron chi connectivity index (χ1n) is 5.01. The van der Waals surface area contributed by atoms with Crippen LogP contribution in [0.3, 0.4) is 0 Å². The third-order valence-electron chi connectivity index (χ3n) is 3.03. The van der Waals surface area contributed by atoms with Gasteiger partial charge in [0.15, 0.2) is 0 Å². The minimum absolute atomic E-state index is 0.801. The van der Waals surface area contributed by atoms with Gasteiger partial charge >= 0.3 is 0 Å². The molecular formula is C11H20. The monoisotopic (exact) mass is 152 g/mol. The number of hydrogen-bond acceptors (Lipinski definition) is 0. The van der Waals surface area contributed by atoms with Crippen LogP contribution in [0.2, 0.25) is 0 Å². The van der Waals surface area contributed by atoms with Gasteiger partial charge in [0.1, 0.15) is 0 Å². The molecule has 64 valence electrons. The van der Waals surface area contributed by atoms with Crippen LogP contribution in [-0.4, -0.2) is 0 Å². The van der Waals surface area contributed by atoms with Crippen molar-refractivity contribution in [2.24, 2.45) is 11.8 Å². The van der Waals surface area contributed by atoms with Crippen LogP contribution in [0.4, 0.5) is 0 Å². The highest BCUT2D eigenvalue weighted by atomic mass is 14.2. The van der Waals surface area contributed by atoms with Crippen LogP contribution in [0.15, 0.2) is 12.7 Å². The standard InChI is InChI=1S/C11H20/c1-3-10(4-2)11-8-6-5-7-9-11/h3,10-11H,1,4-9H2,2H3/t10-/m0/s1. The van der Waals surface area contributed by atoms with Gasteiger partial charge in [-0.15, -0.1) is 6.58 Å². The second kappa shape index (κ2) is 4.58. The molecule has 0 heteroatoms. The third kappa shape index (κ3) is 2.36. The van der Waals surface area contributed by atoms with Crippen molar-refractivity contribution in [3.63, 3.8) is 0 Å². The molecule has 1 aliphatic carbocycles. The molecule has 1 rings (SSSR count). The molecule has 0 aromatic heterocycles. The smallest absolute Gasteiger partial charge is 0.0210 e. The molecule has 0 radical (unpaired) electrons. The lowest BCUT2D eigenvalue weighted by molar-refractivity contribution is 0.281. The zero-order valence-electron chi connectivity index (χ0n) is 7.68. The van der Waals surface area contributed by atoms with E-state index in [1.54, 1.807) is 0 Å². The van der Waals surface area contributed by atoms with E-state index in [4.69, 9.17) is 0 Å². The van der Waals surface area contributed by atoms with Gasteiger partial charge in [-0.05, 0) is 31.1 Å². The molecule has 1 aliphatic rings. The quantitative estimate of drug-likeness (QED) is 0.540. The second-order valence-corrected chi connectivity index (χ2v) is 3.71. The Labute approximate surface area is 70.7 Å².